The molecule has 5 heterocycles. The molecule has 0 spiro atoms. The molecule has 3 aromatic heterocycles. The van der Waals surface area contributed by atoms with Crippen LogP contribution in [-0.2, 0) is 4.74 Å². The van der Waals surface area contributed by atoms with Crippen molar-refractivity contribution in [2.45, 2.75) is 32.9 Å². The SMILES string of the molecule is CCN1CCOC(CN2CC(C(C)C)N(c3ccn4ncc(-c5ccc(-c6ncn[nH]6)cc5)c4n3)C2=O)C1. The molecule has 2 aliphatic rings. The predicted octanol–water partition coefficient (Wildman–Crippen LogP) is 3.17. The number of hydrogen-bond donors (Lipinski definition) is 1. The molecule has 2 atom stereocenters. The summed E-state index contributed by atoms with van der Waals surface area (Å²) in [5, 5.41) is 11.3. The number of benzene rings is 1. The number of ether oxygens (including phenoxy) is 1. The van der Waals surface area contributed by atoms with Crippen molar-refractivity contribution < 1.29 is 9.53 Å². The van der Waals surface area contributed by atoms with E-state index in [0.29, 0.717) is 31.2 Å². The van der Waals surface area contributed by atoms with E-state index in [-0.39, 0.29) is 24.1 Å². The van der Waals surface area contributed by atoms with Gasteiger partial charge in [0.2, 0.25) is 0 Å². The first kappa shape index (κ1) is 24.5. The number of aromatic nitrogens is 6. The number of anilines is 1. The van der Waals surface area contributed by atoms with E-state index >= 15 is 0 Å². The fraction of sp³-hybridized carbons (Fsp3) is 0.444. The maximum absolute atomic E-state index is 13.7. The van der Waals surface area contributed by atoms with Crippen molar-refractivity contribution in [3.8, 4) is 22.5 Å². The van der Waals surface area contributed by atoms with Crippen LogP contribution in [0.3, 0.4) is 0 Å². The summed E-state index contributed by atoms with van der Waals surface area (Å²) in [6, 6.07) is 9.91. The molecule has 11 nitrogen and oxygen atoms in total. The second-order valence-corrected chi connectivity index (χ2v) is 10.3. The number of aromatic amines is 1. The highest BCUT2D eigenvalue weighted by Crippen LogP contribution is 2.31. The van der Waals surface area contributed by atoms with Crippen LogP contribution in [-0.4, -0.2) is 97.1 Å². The molecule has 2 unspecified atom stereocenters. The summed E-state index contributed by atoms with van der Waals surface area (Å²) < 4.78 is 7.76. The zero-order valence-corrected chi connectivity index (χ0v) is 22.0. The Hall–Kier alpha value is -3.83. The number of nitrogens with zero attached hydrogens (tertiary/aromatic N) is 8. The number of carbonyl (C=O) groups is 1. The van der Waals surface area contributed by atoms with Gasteiger partial charge in [0.25, 0.3) is 0 Å². The monoisotopic (exact) mass is 515 g/mol. The molecule has 0 saturated carbocycles. The Kier molecular flexibility index (Phi) is 6.54. The molecule has 2 aliphatic heterocycles. The van der Waals surface area contributed by atoms with Gasteiger partial charge in [-0.3, -0.25) is 14.9 Å². The van der Waals surface area contributed by atoms with Gasteiger partial charge in [0, 0.05) is 43.5 Å². The Morgan fingerprint density at radius 1 is 1.13 bits per heavy atom. The second-order valence-electron chi connectivity index (χ2n) is 10.3. The van der Waals surface area contributed by atoms with Gasteiger partial charge in [0.05, 0.1) is 24.9 Å². The van der Waals surface area contributed by atoms with Crippen molar-refractivity contribution in [3.05, 3.63) is 49.1 Å². The summed E-state index contributed by atoms with van der Waals surface area (Å²) in [5.74, 6) is 1.63. The summed E-state index contributed by atoms with van der Waals surface area (Å²) in [7, 11) is 0. The highest BCUT2D eigenvalue weighted by Gasteiger charge is 2.41. The molecule has 0 bridgehead atoms. The van der Waals surface area contributed by atoms with Crippen LogP contribution in [0.25, 0.3) is 28.2 Å². The molecule has 4 aromatic rings. The second kappa shape index (κ2) is 10.1. The van der Waals surface area contributed by atoms with Gasteiger partial charge >= 0.3 is 6.03 Å². The van der Waals surface area contributed by atoms with Crippen molar-refractivity contribution in [3.63, 3.8) is 0 Å². The van der Waals surface area contributed by atoms with Crippen LogP contribution in [0.5, 0.6) is 0 Å². The zero-order valence-electron chi connectivity index (χ0n) is 22.0. The Balaban J connectivity index is 1.28. The normalized spacial score (nSPS) is 20.8. The molecule has 0 radical (unpaired) electrons. The highest BCUT2D eigenvalue weighted by molar-refractivity contribution is 5.94. The number of rotatable bonds is 7. The minimum Gasteiger partial charge on any atom is -0.374 e. The number of carbonyl (C=O) groups excluding carboxylic acids is 1. The first-order valence-corrected chi connectivity index (χ1v) is 13.2. The molecule has 2 saturated heterocycles. The van der Waals surface area contributed by atoms with Gasteiger partial charge in [-0.1, -0.05) is 45.0 Å². The average molecular weight is 516 g/mol. The number of fused-ring (bicyclic) bond motifs is 1. The van der Waals surface area contributed by atoms with Gasteiger partial charge < -0.3 is 9.64 Å². The summed E-state index contributed by atoms with van der Waals surface area (Å²) in [6.45, 7) is 11.2. The Morgan fingerprint density at radius 3 is 2.68 bits per heavy atom. The van der Waals surface area contributed by atoms with Crippen LogP contribution in [0.1, 0.15) is 20.8 Å². The van der Waals surface area contributed by atoms with E-state index in [0.717, 1.165) is 42.1 Å². The van der Waals surface area contributed by atoms with E-state index in [1.54, 1.807) is 4.52 Å². The minimum absolute atomic E-state index is 0.0183. The number of hydrogen-bond acceptors (Lipinski definition) is 7. The third kappa shape index (κ3) is 4.52. The maximum atomic E-state index is 13.7. The number of likely N-dealkylation sites (N-methyl/N-ethyl adjacent to an activating group) is 1. The highest BCUT2D eigenvalue weighted by atomic mass is 16.5. The third-order valence-electron chi connectivity index (χ3n) is 7.56. The van der Waals surface area contributed by atoms with Crippen molar-refractivity contribution in [1.82, 2.24) is 39.6 Å². The zero-order chi connectivity index (χ0) is 26.2. The number of amides is 2. The van der Waals surface area contributed by atoms with E-state index in [9.17, 15) is 4.79 Å². The van der Waals surface area contributed by atoms with Gasteiger partial charge in [-0.15, -0.1) is 0 Å². The van der Waals surface area contributed by atoms with Gasteiger partial charge in [-0.05, 0) is 24.1 Å². The topological polar surface area (TPSA) is 108 Å². The first-order valence-electron chi connectivity index (χ1n) is 13.2. The van der Waals surface area contributed by atoms with Crippen LogP contribution in [0.15, 0.2) is 49.1 Å². The molecule has 0 aliphatic carbocycles. The summed E-state index contributed by atoms with van der Waals surface area (Å²) >= 11 is 0. The number of urea groups is 1. The maximum Gasteiger partial charge on any atom is 0.326 e. The van der Waals surface area contributed by atoms with Crippen LogP contribution >= 0.6 is 0 Å². The third-order valence-corrected chi connectivity index (χ3v) is 7.56. The number of H-pyrrole nitrogens is 1. The first-order chi connectivity index (χ1) is 18.5. The molecule has 2 fully saturated rings. The molecule has 1 aromatic carbocycles. The lowest BCUT2D eigenvalue weighted by atomic mass is 10.0. The van der Waals surface area contributed by atoms with E-state index in [1.807, 2.05) is 52.5 Å². The largest absolute Gasteiger partial charge is 0.374 e. The van der Waals surface area contributed by atoms with Gasteiger partial charge in [-0.25, -0.2) is 19.3 Å². The quantitative estimate of drug-likeness (QED) is 0.403. The fourth-order valence-electron chi connectivity index (χ4n) is 5.38. The lowest BCUT2D eigenvalue weighted by Crippen LogP contribution is -2.48. The van der Waals surface area contributed by atoms with Gasteiger partial charge in [0.15, 0.2) is 11.5 Å². The summed E-state index contributed by atoms with van der Waals surface area (Å²) in [6.07, 6.45) is 5.21. The summed E-state index contributed by atoms with van der Waals surface area (Å²) in [4.78, 5) is 29.1. The van der Waals surface area contributed by atoms with Gasteiger partial charge in [-0.2, -0.15) is 10.2 Å². The van der Waals surface area contributed by atoms with Crippen molar-refractivity contribution in [1.29, 1.82) is 0 Å². The van der Waals surface area contributed by atoms with E-state index in [2.05, 4.69) is 46.0 Å². The molecule has 198 valence electrons. The van der Waals surface area contributed by atoms with Crippen molar-refractivity contribution >= 4 is 17.5 Å². The lowest BCUT2D eigenvalue weighted by molar-refractivity contribution is -0.0355. The Morgan fingerprint density at radius 2 is 1.95 bits per heavy atom. The molecular formula is C27H33N9O2. The van der Waals surface area contributed by atoms with Crippen LogP contribution in [0.4, 0.5) is 10.6 Å². The molecule has 6 rings (SSSR count). The van der Waals surface area contributed by atoms with Crippen LogP contribution < -0.4 is 4.90 Å². The van der Waals surface area contributed by atoms with Crippen molar-refractivity contribution in [2.75, 3.05) is 44.2 Å². The molecule has 11 heteroatoms. The van der Waals surface area contributed by atoms with E-state index < -0.39 is 0 Å². The molecule has 2 amide bonds. The predicted molar refractivity (Wildman–Crippen MR) is 144 cm³/mol. The Labute approximate surface area is 221 Å². The number of morpholine rings is 1. The van der Waals surface area contributed by atoms with Crippen LogP contribution in [0.2, 0.25) is 0 Å². The standard InChI is InChI=1S/C27H33N9O2/c1-4-33-11-12-38-21(14-33)15-34-16-23(18(2)3)36(27(34)37)24-9-10-35-26(31-24)22(13-30-35)19-5-7-20(8-6-19)25-28-17-29-32-25/h5-10,13,17-18,21,23H,4,11-12,14-16H2,1-3H3,(H,28,29,32). The molecule has 38 heavy (non-hydrogen) atoms. The molecule has 1 N–H and O–H groups in total. The molecular weight excluding hydrogens is 482 g/mol. The average Bonchev–Trinajstić information content (AvgIpc) is 3.68. The lowest BCUT2D eigenvalue weighted by Gasteiger charge is -2.34. The van der Waals surface area contributed by atoms with E-state index in [4.69, 9.17) is 9.72 Å². The fourth-order valence-corrected chi connectivity index (χ4v) is 5.38. The van der Waals surface area contributed by atoms with Gasteiger partial charge in [0.1, 0.15) is 12.1 Å². The smallest absolute Gasteiger partial charge is 0.326 e. The minimum atomic E-state index is -0.0183. The van der Waals surface area contributed by atoms with Crippen LogP contribution in [0, 0.1) is 5.92 Å². The summed E-state index contributed by atoms with van der Waals surface area (Å²) in [5.41, 5.74) is 3.54. The van der Waals surface area contributed by atoms with Crippen molar-refractivity contribution in [2.24, 2.45) is 5.92 Å². The number of nitrogens with one attached hydrogen (secondary N) is 1. The van der Waals surface area contributed by atoms with E-state index in [1.165, 1.54) is 6.33 Å². The Bertz CT molecular complexity index is 1400.